The smallest absolute Gasteiger partial charge is 0.0109 e. The largest absolute Gasteiger partial charge is 0.330 e. The highest BCUT2D eigenvalue weighted by Crippen LogP contribution is 2.48. The molecule has 1 aliphatic heterocycles. The van der Waals surface area contributed by atoms with Crippen LogP contribution in [0.5, 0.6) is 0 Å². The van der Waals surface area contributed by atoms with Crippen molar-refractivity contribution < 1.29 is 0 Å². The predicted molar refractivity (Wildman–Crippen MR) is 84.7 cm³/mol. The molecule has 2 aliphatic carbocycles. The van der Waals surface area contributed by atoms with Gasteiger partial charge in [-0.05, 0) is 69.0 Å². The topological polar surface area (TPSA) is 32.5 Å². The fraction of sp³-hybridized carbons (Fsp3) is 1.00. The van der Waals surface area contributed by atoms with Crippen LogP contribution in [0.25, 0.3) is 0 Å². The van der Waals surface area contributed by atoms with Crippen molar-refractivity contribution in [1.29, 1.82) is 0 Å². The van der Waals surface area contributed by atoms with Crippen molar-refractivity contribution in [3.8, 4) is 0 Å². The molecule has 3 nitrogen and oxygen atoms in total. The van der Waals surface area contributed by atoms with Crippen molar-refractivity contribution in [2.75, 3.05) is 45.8 Å². The maximum atomic E-state index is 5.76. The summed E-state index contributed by atoms with van der Waals surface area (Å²) in [6, 6.07) is 0. The van der Waals surface area contributed by atoms with Crippen LogP contribution in [0.2, 0.25) is 0 Å². The summed E-state index contributed by atoms with van der Waals surface area (Å²) >= 11 is 0. The molecule has 3 aliphatic rings. The van der Waals surface area contributed by atoms with Gasteiger partial charge in [-0.3, -0.25) is 0 Å². The number of hydrogen-bond donors (Lipinski definition) is 1. The third-order valence-corrected chi connectivity index (χ3v) is 6.03. The highest BCUT2D eigenvalue weighted by atomic mass is 15.2. The molecule has 3 rings (SSSR count). The summed E-state index contributed by atoms with van der Waals surface area (Å²) in [5.41, 5.74) is 5.76. The summed E-state index contributed by atoms with van der Waals surface area (Å²) in [6.45, 7) is 10.8. The Bertz CT molecular complexity index is 307. The second-order valence-electron chi connectivity index (χ2n) is 7.73. The van der Waals surface area contributed by atoms with E-state index in [0.29, 0.717) is 5.92 Å². The number of hydrogen-bond acceptors (Lipinski definition) is 3. The van der Waals surface area contributed by atoms with Gasteiger partial charge in [-0.15, -0.1) is 0 Å². The molecule has 20 heavy (non-hydrogen) atoms. The van der Waals surface area contributed by atoms with Gasteiger partial charge >= 0.3 is 0 Å². The van der Waals surface area contributed by atoms with E-state index in [4.69, 9.17) is 5.73 Å². The van der Waals surface area contributed by atoms with Crippen LogP contribution < -0.4 is 5.73 Å². The molecule has 0 radical (unpaired) electrons. The van der Waals surface area contributed by atoms with Crippen LogP contribution in [0.15, 0.2) is 0 Å². The maximum absolute atomic E-state index is 5.76. The molecule has 3 heteroatoms. The second kappa shape index (κ2) is 6.76. The third kappa shape index (κ3) is 3.55. The first kappa shape index (κ1) is 14.8. The summed E-state index contributed by atoms with van der Waals surface area (Å²) in [6.07, 6.45) is 7.50. The van der Waals surface area contributed by atoms with Crippen molar-refractivity contribution in [2.24, 2.45) is 29.4 Å². The number of fused-ring (bicyclic) bond motifs is 2. The van der Waals surface area contributed by atoms with Crippen molar-refractivity contribution in [3.63, 3.8) is 0 Å². The Morgan fingerprint density at radius 2 is 1.85 bits per heavy atom. The van der Waals surface area contributed by atoms with Crippen molar-refractivity contribution in [1.82, 2.24) is 9.80 Å². The zero-order valence-electron chi connectivity index (χ0n) is 13.3. The molecular weight excluding hydrogens is 246 g/mol. The van der Waals surface area contributed by atoms with Crippen LogP contribution in [0, 0.1) is 23.7 Å². The first-order valence-electron chi connectivity index (χ1n) is 8.89. The number of nitrogens with two attached hydrogens (primary N) is 1. The van der Waals surface area contributed by atoms with Crippen LogP contribution in [0.1, 0.15) is 39.0 Å². The Kier molecular flexibility index (Phi) is 5.00. The van der Waals surface area contributed by atoms with E-state index >= 15 is 0 Å². The maximum Gasteiger partial charge on any atom is 0.0109 e. The second-order valence-corrected chi connectivity index (χ2v) is 7.73. The van der Waals surface area contributed by atoms with Crippen LogP contribution in [0.4, 0.5) is 0 Å². The van der Waals surface area contributed by atoms with Crippen LogP contribution in [-0.4, -0.2) is 55.6 Å². The van der Waals surface area contributed by atoms with E-state index in [9.17, 15) is 0 Å². The van der Waals surface area contributed by atoms with Gasteiger partial charge in [0.05, 0.1) is 0 Å². The molecule has 1 heterocycles. The summed E-state index contributed by atoms with van der Waals surface area (Å²) in [5, 5.41) is 0. The number of nitrogens with zero attached hydrogens (tertiary/aromatic N) is 2. The van der Waals surface area contributed by atoms with Gasteiger partial charge in [-0.1, -0.05) is 13.3 Å². The Balaban J connectivity index is 1.43. The van der Waals surface area contributed by atoms with E-state index in [1.165, 1.54) is 65.0 Å². The lowest BCUT2D eigenvalue weighted by Crippen LogP contribution is -2.37. The monoisotopic (exact) mass is 279 g/mol. The molecular formula is C17H33N3. The Morgan fingerprint density at radius 3 is 2.55 bits per heavy atom. The minimum atomic E-state index is 0.645. The standard InChI is InChI=1S/C17H33N3/c1-14(11-18)12-19-5-2-6-20(8-7-19)13-17-10-15-3-4-16(17)9-15/h14-17H,2-13,18H2,1H3. The van der Waals surface area contributed by atoms with E-state index < -0.39 is 0 Å². The predicted octanol–water partition coefficient (Wildman–Crippen LogP) is 2.03. The van der Waals surface area contributed by atoms with Crippen molar-refractivity contribution in [2.45, 2.75) is 39.0 Å². The molecule has 0 aromatic rings. The van der Waals surface area contributed by atoms with Crippen LogP contribution in [0.3, 0.4) is 0 Å². The fourth-order valence-corrected chi connectivity index (χ4v) is 4.84. The van der Waals surface area contributed by atoms with Gasteiger partial charge in [0.1, 0.15) is 0 Å². The van der Waals surface area contributed by atoms with E-state index in [1.807, 2.05) is 0 Å². The lowest BCUT2D eigenvalue weighted by atomic mass is 9.88. The summed E-state index contributed by atoms with van der Waals surface area (Å²) in [5.74, 6) is 3.85. The van der Waals surface area contributed by atoms with E-state index in [1.54, 1.807) is 6.42 Å². The molecule has 0 aromatic heterocycles. The van der Waals surface area contributed by atoms with Crippen LogP contribution >= 0.6 is 0 Å². The quantitative estimate of drug-likeness (QED) is 0.836. The average molecular weight is 279 g/mol. The zero-order valence-corrected chi connectivity index (χ0v) is 13.3. The highest BCUT2D eigenvalue weighted by molar-refractivity contribution is 4.91. The average Bonchev–Trinajstić information content (AvgIpc) is 2.99. The molecule has 2 saturated carbocycles. The molecule has 4 atom stereocenters. The molecule has 3 fully saturated rings. The summed E-state index contributed by atoms with van der Waals surface area (Å²) in [7, 11) is 0. The first-order valence-corrected chi connectivity index (χ1v) is 8.89. The van der Waals surface area contributed by atoms with Gasteiger partial charge in [-0.25, -0.2) is 0 Å². The van der Waals surface area contributed by atoms with Gasteiger partial charge < -0.3 is 15.5 Å². The lowest BCUT2D eigenvalue weighted by molar-refractivity contribution is 0.188. The van der Waals surface area contributed by atoms with E-state index in [0.717, 1.165) is 24.3 Å². The van der Waals surface area contributed by atoms with E-state index in [2.05, 4.69) is 16.7 Å². The summed E-state index contributed by atoms with van der Waals surface area (Å²) in [4.78, 5) is 5.40. The summed E-state index contributed by atoms with van der Waals surface area (Å²) < 4.78 is 0. The molecule has 2 N–H and O–H groups in total. The minimum absolute atomic E-state index is 0.645. The van der Waals surface area contributed by atoms with Gasteiger partial charge in [0.2, 0.25) is 0 Å². The Morgan fingerprint density at radius 1 is 1.05 bits per heavy atom. The molecule has 4 unspecified atom stereocenters. The number of rotatable bonds is 5. The Labute approximate surface area is 124 Å². The van der Waals surface area contributed by atoms with Gasteiger partial charge in [0.25, 0.3) is 0 Å². The SMILES string of the molecule is CC(CN)CN1CCCN(CC2CC3CCC2C3)CC1. The first-order chi connectivity index (χ1) is 9.74. The van der Waals surface area contributed by atoms with E-state index in [-0.39, 0.29) is 0 Å². The van der Waals surface area contributed by atoms with Crippen molar-refractivity contribution >= 4 is 0 Å². The molecule has 0 spiro atoms. The van der Waals surface area contributed by atoms with Gasteiger partial charge in [-0.2, -0.15) is 0 Å². The van der Waals surface area contributed by atoms with Crippen LogP contribution in [-0.2, 0) is 0 Å². The zero-order chi connectivity index (χ0) is 13.9. The molecule has 2 bridgehead atoms. The lowest BCUT2D eigenvalue weighted by Gasteiger charge is -2.29. The van der Waals surface area contributed by atoms with Crippen molar-refractivity contribution in [3.05, 3.63) is 0 Å². The molecule has 0 aromatic carbocycles. The minimum Gasteiger partial charge on any atom is -0.330 e. The fourth-order valence-electron chi connectivity index (χ4n) is 4.84. The Hall–Kier alpha value is -0.120. The third-order valence-electron chi connectivity index (χ3n) is 6.03. The molecule has 1 saturated heterocycles. The molecule has 0 amide bonds. The van der Waals surface area contributed by atoms with Gasteiger partial charge in [0.15, 0.2) is 0 Å². The molecule has 116 valence electrons. The highest BCUT2D eigenvalue weighted by Gasteiger charge is 2.39. The normalized spacial score (nSPS) is 37.2. The van der Waals surface area contributed by atoms with Gasteiger partial charge in [0, 0.05) is 26.2 Å².